The van der Waals surface area contributed by atoms with Crippen LogP contribution in [0.1, 0.15) is 9.67 Å². The minimum Gasteiger partial charge on any atom is -0.477 e. The van der Waals surface area contributed by atoms with E-state index in [9.17, 15) is 4.79 Å². The predicted octanol–water partition coefficient (Wildman–Crippen LogP) is 0.00690. The summed E-state index contributed by atoms with van der Waals surface area (Å²) in [6.45, 7) is 1.42. The van der Waals surface area contributed by atoms with Crippen LogP contribution in [0.3, 0.4) is 0 Å². The van der Waals surface area contributed by atoms with Crippen LogP contribution >= 0.6 is 11.3 Å². The molecule has 0 spiro atoms. The Balaban J connectivity index is 0.000000265. The van der Waals surface area contributed by atoms with E-state index >= 15 is 0 Å². The molecule has 0 amide bonds. The molecule has 0 saturated heterocycles. The summed E-state index contributed by atoms with van der Waals surface area (Å²) in [5.41, 5.74) is 0. The first-order chi connectivity index (χ1) is 7.22. The number of aromatic carboxylic acids is 1. The molecule has 0 atom stereocenters. The highest BCUT2D eigenvalue weighted by molar-refractivity contribution is 7.11. The number of rotatable bonds is 5. The van der Waals surface area contributed by atoms with Crippen LogP contribution in [0.2, 0.25) is 0 Å². The van der Waals surface area contributed by atoms with Crippen molar-refractivity contribution in [2.45, 2.75) is 0 Å². The van der Waals surface area contributed by atoms with E-state index in [0.29, 0.717) is 18.0 Å². The van der Waals surface area contributed by atoms with Gasteiger partial charge in [-0.25, -0.2) is 4.79 Å². The van der Waals surface area contributed by atoms with Crippen LogP contribution in [0.4, 0.5) is 0 Å². The fraction of sp³-hybridized carbons (Fsp3) is 0.444. The fourth-order valence-corrected chi connectivity index (χ4v) is 1.25. The topological polar surface area (TPSA) is 89.8 Å². The van der Waals surface area contributed by atoms with Crippen molar-refractivity contribution >= 4 is 17.3 Å². The molecule has 1 rings (SSSR count). The first-order valence-corrected chi connectivity index (χ1v) is 5.29. The molecule has 0 aliphatic heterocycles. The summed E-state index contributed by atoms with van der Waals surface area (Å²) >= 11 is 1.23. The van der Waals surface area contributed by atoms with Crippen LogP contribution in [0.25, 0.3) is 0 Å². The Bertz CT molecular complexity index is 247. The fourth-order valence-electron chi connectivity index (χ4n) is 0.683. The van der Waals surface area contributed by atoms with Gasteiger partial charge in [0, 0.05) is 13.1 Å². The quantitative estimate of drug-likeness (QED) is 0.538. The lowest BCUT2D eigenvalue weighted by molar-refractivity contribution is 0.0702. The molecule has 0 saturated carbocycles. The Morgan fingerprint density at radius 3 is 2.20 bits per heavy atom. The Morgan fingerprint density at radius 1 is 1.33 bits per heavy atom. The van der Waals surface area contributed by atoms with Crippen molar-refractivity contribution in [1.82, 2.24) is 5.32 Å². The van der Waals surface area contributed by atoms with Gasteiger partial charge < -0.3 is 20.6 Å². The van der Waals surface area contributed by atoms with E-state index < -0.39 is 5.97 Å². The van der Waals surface area contributed by atoms with Crippen LogP contribution in [0, 0.1) is 0 Å². The number of carbonyl (C=O) groups is 1. The van der Waals surface area contributed by atoms with E-state index in [4.69, 9.17) is 15.3 Å². The summed E-state index contributed by atoms with van der Waals surface area (Å²) in [5, 5.41) is 29.1. The maximum absolute atomic E-state index is 10.1. The van der Waals surface area contributed by atoms with Crippen LogP contribution in [-0.4, -0.2) is 47.6 Å². The number of carboxylic acids is 1. The molecule has 0 unspecified atom stereocenters. The van der Waals surface area contributed by atoms with Gasteiger partial charge in [0.1, 0.15) is 4.88 Å². The van der Waals surface area contributed by atoms with E-state index in [0.717, 1.165) is 0 Å². The van der Waals surface area contributed by atoms with E-state index in [-0.39, 0.29) is 13.2 Å². The molecular weight excluding hydrogens is 218 g/mol. The standard InChI is InChI=1S/C5H4O2S.C4H11NO2/c6-5(7)4-2-1-3-8-4;6-3-1-5-2-4-7/h1-3H,(H,6,7);5-7H,1-4H2. The summed E-state index contributed by atoms with van der Waals surface area (Å²) in [7, 11) is 0. The molecule has 1 aromatic heterocycles. The molecule has 0 radical (unpaired) electrons. The van der Waals surface area contributed by atoms with Crippen molar-refractivity contribution in [1.29, 1.82) is 0 Å². The van der Waals surface area contributed by atoms with Crippen molar-refractivity contribution in [3.63, 3.8) is 0 Å². The van der Waals surface area contributed by atoms with Gasteiger partial charge in [0.2, 0.25) is 0 Å². The number of nitrogens with one attached hydrogen (secondary N) is 1. The van der Waals surface area contributed by atoms with Crippen molar-refractivity contribution in [3.8, 4) is 0 Å². The lowest BCUT2D eigenvalue weighted by atomic mass is 10.5. The molecule has 0 fully saturated rings. The number of aliphatic hydroxyl groups is 2. The highest BCUT2D eigenvalue weighted by Gasteiger charge is 1.99. The summed E-state index contributed by atoms with van der Waals surface area (Å²) in [4.78, 5) is 10.5. The highest BCUT2D eigenvalue weighted by atomic mass is 32.1. The molecule has 5 nitrogen and oxygen atoms in total. The Hall–Kier alpha value is -0.950. The molecule has 1 aromatic rings. The van der Waals surface area contributed by atoms with Crippen LogP contribution in [0.15, 0.2) is 17.5 Å². The number of hydrogen-bond donors (Lipinski definition) is 4. The van der Waals surface area contributed by atoms with Gasteiger partial charge in [-0.05, 0) is 11.4 Å². The largest absolute Gasteiger partial charge is 0.477 e. The zero-order chi connectivity index (χ0) is 11.5. The van der Waals surface area contributed by atoms with Gasteiger partial charge >= 0.3 is 5.97 Å². The zero-order valence-electron chi connectivity index (χ0n) is 8.22. The maximum Gasteiger partial charge on any atom is 0.345 e. The van der Waals surface area contributed by atoms with Gasteiger partial charge in [0.15, 0.2) is 0 Å². The Kier molecular flexibility index (Phi) is 8.99. The van der Waals surface area contributed by atoms with Gasteiger partial charge in [-0.15, -0.1) is 11.3 Å². The molecule has 0 aliphatic rings. The van der Waals surface area contributed by atoms with Crippen molar-refractivity contribution in [3.05, 3.63) is 22.4 Å². The number of hydrogen-bond acceptors (Lipinski definition) is 5. The monoisotopic (exact) mass is 233 g/mol. The second-order valence-electron chi connectivity index (χ2n) is 2.48. The maximum atomic E-state index is 10.1. The van der Waals surface area contributed by atoms with Crippen LogP contribution in [0.5, 0.6) is 0 Å². The molecule has 4 N–H and O–H groups in total. The second-order valence-corrected chi connectivity index (χ2v) is 3.43. The molecule has 15 heavy (non-hydrogen) atoms. The van der Waals surface area contributed by atoms with Gasteiger partial charge in [0.25, 0.3) is 0 Å². The van der Waals surface area contributed by atoms with Gasteiger partial charge in [0.05, 0.1) is 13.2 Å². The number of carboxylic acid groups (broad SMARTS) is 1. The minimum atomic E-state index is -0.847. The first-order valence-electron chi connectivity index (χ1n) is 4.41. The van der Waals surface area contributed by atoms with Gasteiger partial charge in [-0.2, -0.15) is 0 Å². The first kappa shape index (κ1) is 14.1. The highest BCUT2D eigenvalue weighted by Crippen LogP contribution is 2.06. The molecule has 6 heteroatoms. The lowest BCUT2D eigenvalue weighted by Crippen LogP contribution is -2.21. The molecule has 0 bridgehead atoms. The van der Waals surface area contributed by atoms with Crippen molar-refractivity contribution in [2.75, 3.05) is 26.3 Å². The molecule has 0 aromatic carbocycles. The SMILES string of the molecule is O=C(O)c1cccs1.OCCNCCO. The number of thiophene rings is 1. The van der Waals surface area contributed by atoms with E-state index in [1.54, 1.807) is 17.5 Å². The Morgan fingerprint density at radius 2 is 1.93 bits per heavy atom. The summed E-state index contributed by atoms with van der Waals surface area (Å²) in [6.07, 6.45) is 0. The number of aliphatic hydroxyl groups excluding tert-OH is 2. The third-order valence-corrected chi connectivity index (χ3v) is 2.17. The molecular formula is C9H15NO4S. The third kappa shape index (κ3) is 8.07. The van der Waals surface area contributed by atoms with E-state index in [1.165, 1.54) is 11.3 Å². The van der Waals surface area contributed by atoms with E-state index in [2.05, 4.69) is 5.32 Å². The minimum absolute atomic E-state index is 0.139. The van der Waals surface area contributed by atoms with Crippen molar-refractivity contribution < 1.29 is 20.1 Å². The van der Waals surface area contributed by atoms with Gasteiger partial charge in [-0.1, -0.05) is 6.07 Å². The lowest BCUT2D eigenvalue weighted by Gasteiger charge is -1.94. The zero-order valence-corrected chi connectivity index (χ0v) is 9.04. The molecule has 86 valence electrons. The molecule has 0 aliphatic carbocycles. The average molecular weight is 233 g/mol. The second kappa shape index (κ2) is 9.60. The van der Waals surface area contributed by atoms with Gasteiger partial charge in [-0.3, -0.25) is 0 Å². The average Bonchev–Trinajstić information content (AvgIpc) is 2.72. The molecule has 1 heterocycles. The smallest absolute Gasteiger partial charge is 0.345 e. The predicted molar refractivity (Wildman–Crippen MR) is 58.3 cm³/mol. The summed E-state index contributed by atoms with van der Waals surface area (Å²) in [5.74, 6) is -0.847. The van der Waals surface area contributed by atoms with Crippen LogP contribution in [-0.2, 0) is 0 Å². The normalized spacial score (nSPS) is 9.20. The third-order valence-electron chi connectivity index (χ3n) is 1.31. The van der Waals surface area contributed by atoms with Crippen molar-refractivity contribution in [2.24, 2.45) is 0 Å². The Labute approximate surface area is 92.0 Å². The van der Waals surface area contributed by atoms with E-state index in [1.807, 2.05) is 0 Å². The summed E-state index contributed by atoms with van der Waals surface area (Å²) in [6, 6.07) is 3.29. The van der Waals surface area contributed by atoms with Crippen LogP contribution < -0.4 is 5.32 Å². The summed E-state index contributed by atoms with van der Waals surface area (Å²) < 4.78 is 0.